The molecule has 1 amide bonds. The lowest BCUT2D eigenvalue weighted by Gasteiger charge is -2.21. The molecule has 1 fully saturated rings. The van der Waals surface area contributed by atoms with Crippen molar-refractivity contribution in [2.75, 3.05) is 26.2 Å². The van der Waals surface area contributed by atoms with E-state index in [4.69, 9.17) is 4.42 Å². The summed E-state index contributed by atoms with van der Waals surface area (Å²) in [6.45, 7) is 6.41. The number of furan rings is 1. The molecule has 0 unspecified atom stereocenters. The zero-order valence-electron chi connectivity index (χ0n) is 15.4. The number of amides is 1. The van der Waals surface area contributed by atoms with Crippen molar-refractivity contribution in [2.45, 2.75) is 19.9 Å². The molecule has 3 heterocycles. The van der Waals surface area contributed by atoms with Crippen molar-refractivity contribution in [3.05, 3.63) is 65.1 Å². The van der Waals surface area contributed by atoms with E-state index in [0.29, 0.717) is 5.56 Å². The summed E-state index contributed by atoms with van der Waals surface area (Å²) in [5.41, 5.74) is 3.09. The van der Waals surface area contributed by atoms with Crippen molar-refractivity contribution in [2.24, 2.45) is 0 Å². The molecule has 0 atom stereocenters. The van der Waals surface area contributed by atoms with Gasteiger partial charge in [0.15, 0.2) is 0 Å². The van der Waals surface area contributed by atoms with Gasteiger partial charge in [0.25, 0.3) is 5.91 Å². The first-order chi connectivity index (χ1) is 13.2. The topological polar surface area (TPSA) is 49.6 Å². The number of rotatable bonds is 4. The Balaban J connectivity index is 1.38. The van der Waals surface area contributed by atoms with E-state index in [0.717, 1.165) is 44.2 Å². The Morgan fingerprint density at radius 1 is 1.19 bits per heavy atom. The summed E-state index contributed by atoms with van der Waals surface area (Å²) in [5, 5.41) is 1.08. The van der Waals surface area contributed by atoms with Gasteiger partial charge in [-0.25, -0.2) is 4.98 Å². The minimum Gasteiger partial charge on any atom is -0.472 e. The second-order valence-corrected chi connectivity index (χ2v) is 8.00. The van der Waals surface area contributed by atoms with Crippen molar-refractivity contribution in [3.63, 3.8) is 0 Å². The maximum Gasteiger partial charge on any atom is 0.257 e. The number of carbonyl (C=O) groups excluding carboxylic acids is 1. The van der Waals surface area contributed by atoms with E-state index in [1.807, 2.05) is 11.1 Å². The maximum atomic E-state index is 12.5. The molecule has 1 aliphatic heterocycles. The highest BCUT2D eigenvalue weighted by Gasteiger charge is 2.21. The first kappa shape index (κ1) is 17.9. The zero-order chi connectivity index (χ0) is 18.6. The molecule has 27 heavy (non-hydrogen) atoms. The van der Waals surface area contributed by atoms with Crippen LogP contribution in [0.3, 0.4) is 0 Å². The number of aryl methyl sites for hydroxylation is 1. The standard InChI is InChI=1S/C21H23N3O2S/c1-16-5-2-3-6-19(16)20-22-13-18(27-20)14-23-8-4-9-24(11-10-23)21(25)17-7-12-26-15-17/h2-3,5-7,12-13,15H,4,8-11,14H2,1H3. The van der Waals surface area contributed by atoms with Crippen molar-refractivity contribution in [1.82, 2.24) is 14.8 Å². The lowest BCUT2D eigenvalue weighted by Crippen LogP contribution is -2.34. The van der Waals surface area contributed by atoms with Crippen LogP contribution < -0.4 is 0 Å². The third-order valence-electron chi connectivity index (χ3n) is 4.95. The lowest BCUT2D eigenvalue weighted by molar-refractivity contribution is 0.0760. The molecule has 6 heteroatoms. The predicted molar refractivity (Wildman–Crippen MR) is 107 cm³/mol. The van der Waals surface area contributed by atoms with Gasteiger partial charge in [0.2, 0.25) is 0 Å². The third kappa shape index (κ3) is 4.12. The van der Waals surface area contributed by atoms with Crippen LogP contribution in [0.2, 0.25) is 0 Å². The van der Waals surface area contributed by atoms with Crippen LogP contribution in [-0.2, 0) is 6.54 Å². The average Bonchev–Trinajstić information content (AvgIpc) is 3.31. The smallest absolute Gasteiger partial charge is 0.257 e. The Morgan fingerprint density at radius 2 is 2.07 bits per heavy atom. The number of benzene rings is 1. The number of aromatic nitrogens is 1. The Bertz CT molecular complexity index is 904. The summed E-state index contributed by atoms with van der Waals surface area (Å²) in [6, 6.07) is 10.1. The van der Waals surface area contributed by atoms with E-state index in [1.165, 1.54) is 22.3 Å². The van der Waals surface area contributed by atoms with Gasteiger partial charge in [-0.3, -0.25) is 9.69 Å². The van der Waals surface area contributed by atoms with Crippen LogP contribution >= 0.6 is 11.3 Å². The largest absolute Gasteiger partial charge is 0.472 e. The fourth-order valence-electron chi connectivity index (χ4n) is 3.44. The molecule has 0 bridgehead atoms. The van der Waals surface area contributed by atoms with E-state index in [9.17, 15) is 4.79 Å². The second-order valence-electron chi connectivity index (χ2n) is 6.88. The number of carbonyl (C=O) groups is 1. The van der Waals surface area contributed by atoms with Gasteiger partial charge in [0.05, 0.1) is 11.8 Å². The minimum absolute atomic E-state index is 0.0604. The van der Waals surface area contributed by atoms with Gasteiger partial charge in [-0.1, -0.05) is 24.3 Å². The predicted octanol–water partition coefficient (Wildman–Crippen LogP) is 4.06. The number of nitrogens with zero attached hydrogens (tertiary/aromatic N) is 3. The van der Waals surface area contributed by atoms with E-state index < -0.39 is 0 Å². The first-order valence-electron chi connectivity index (χ1n) is 9.25. The third-order valence-corrected chi connectivity index (χ3v) is 5.97. The quantitative estimate of drug-likeness (QED) is 0.684. The highest BCUT2D eigenvalue weighted by Crippen LogP contribution is 2.28. The van der Waals surface area contributed by atoms with Gasteiger partial charge < -0.3 is 9.32 Å². The monoisotopic (exact) mass is 381 g/mol. The molecule has 0 radical (unpaired) electrons. The van der Waals surface area contributed by atoms with Crippen LogP contribution in [0.1, 0.15) is 27.2 Å². The summed E-state index contributed by atoms with van der Waals surface area (Å²) in [6.07, 6.45) is 6.04. The summed E-state index contributed by atoms with van der Waals surface area (Å²) in [4.78, 5) is 22.7. The van der Waals surface area contributed by atoms with Crippen molar-refractivity contribution >= 4 is 17.2 Å². The molecule has 0 saturated carbocycles. The fourth-order valence-corrected chi connectivity index (χ4v) is 4.48. The molecule has 2 aromatic heterocycles. The van der Waals surface area contributed by atoms with E-state index in [-0.39, 0.29) is 5.91 Å². The van der Waals surface area contributed by atoms with E-state index >= 15 is 0 Å². The molecule has 0 spiro atoms. The van der Waals surface area contributed by atoms with Gasteiger partial charge in [-0.05, 0) is 25.0 Å². The summed E-state index contributed by atoms with van der Waals surface area (Å²) in [7, 11) is 0. The molecular formula is C21H23N3O2S. The van der Waals surface area contributed by atoms with Gasteiger partial charge in [0, 0.05) is 49.4 Å². The Morgan fingerprint density at radius 3 is 2.89 bits per heavy atom. The Hall–Kier alpha value is -2.44. The van der Waals surface area contributed by atoms with Crippen LogP contribution in [0.5, 0.6) is 0 Å². The maximum absolute atomic E-state index is 12.5. The van der Waals surface area contributed by atoms with Crippen molar-refractivity contribution in [3.8, 4) is 10.6 Å². The average molecular weight is 382 g/mol. The highest BCUT2D eigenvalue weighted by atomic mass is 32.1. The SMILES string of the molecule is Cc1ccccc1-c1ncc(CN2CCCN(C(=O)c3ccoc3)CC2)s1. The number of hydrogen-bond donors (Lipinski definition) is 0. The van der Waals surface area contributed by atoms with Gasteiger partial charge in [-0.2, -0.15) is 0 Å². The summed E-state index contributed by atoms with van der Waals surface area (Å²) in [5.74, 6) is 0.0604. The lowest BCUT2D eigenvalue weighted by atomic mass is 10.1. The molecule has 140 valence electrons. The Kier molecular flexibility index (Phi) is 5.36. The van der Waals surface area contributed by atoms with Crippen LogP contribution in [0.15, 0.2) is 53.5 Å². The molecule has 5 nitrogen and oxygen atoms in total. The van der Waals surface area contributed by atoms with Crippen molar-refractivity contribution < 1.29 is 9.21 Å². The summed E-state index contributed by atoms with van der Waals surface area (Å²) < 4.78 is 5.04. The van der Waals surface area contributed by atoms with Crippen LogP contribution in [0.25, 0.3) is 10.6 Å². The van der Waals surface area contributed by atoms with Crippen LogP contribution in [-0.4, -0.2) is 46.9 Å². The molecule has 4 rings (SSSR count). The van der Waals surface area contributed by atoms with Gasteiger partial charge in [0.1, 0.15) is 11.3 Å². The van der Waals surface area contributed by atoms with Crippen LogP contribution in [0.4, 0.5) is 0 Å². The van der Waals surface area contributed by atoms with E-state index in [1.54, 1.807) is 23.7 Å². The van der Waals surface area contributed by atoms with Crippen LogP contribution in [0, 0.1) is 6.92 Å². The highest BCUT2D eigenvalue weighted by molar-refractivity contribution is 7.15. The number of thiazole rings is 1. The molecule has 3 aromatic rings. The van der Waals surface area contributed by atoms with E-state index in [2.05, 4.69) is 41.1 Å². The molecular weight excluding hydrogens is 358 g/mol. The zero-order valence-corrected chi connectivity index (χ0v) is 16.2. The van der Waals surface area contributed by atoms with Crippen molar-refractivity contribution in [1.29, 1.82) is 0 Å². The normalized spacial score (nSPS) is 15.7. The minimum atomic E-state index is 0.0604. The number of hydrogen-bond acceptors (Lipinski definition) is 5. The molecule has 0 aliphatic carbocycles. The fraction of sp³-hybridized carbons (Fsp3) is 0.333. The van der Waals surface area contributed by atoms with Gasteiger partial charge >= 0.3 is 0 Å². The first-order valence-corrected chi connectivity index (χ1v) is 10.1. The summed E-state index contributed by atoms with van der Waals surface area (Å²) >= 11 is 1.76. The molecule has 1 aromatic carbocycles. The molecule has 0 N–H and O–H groups in total. The Labute approximate surface area is 163 Å². The van der Waals surface area contributed by atoms with Gasteiger partial charge in [-0.15, -0.1) is 11.3 Å². The second kappa shape index (κ2) is 8.06. The molecule has 1 aliphatic rings. The molecule has 1 saturated heterocycles.